The number of aromatic nitrogens is 1. The fourth-order valence-electron chi connectivity index (χ4n) is 3.78. The molecule has 2 aromatic heterocycles. The normalized spacial score (nSPS) is 16.8. The molecule has 0 spiro atoms. The number of halogens is 1. The molecule has 0 radical (unpaired) electrons. The Morgan fingerprint density at radius 1 is 1.27 bits per heavy atom. The van der Waals surface area contributed by atoms with Gasteiger partial charge in [0, 0.05) is 35.2 Å². The highest BCUT2D eigenvalue weighted by Gasteiger charge is 2.26. The molecule has 1 saturated heterocycles. The lowest BCUT2D eigenvalue weighted by molar-refractivity contribution is 0.0998. The quantitative estimate of drug-likeness (QED) is 0.479. The lowest BCUT2D eigenvalue weighted by Gasteiger charge is -2.19. The molecule has 3 heterocycles. The molecule has 0 bridgehead atoms. The van der Waals surface area contributed by atoms with Gasteiger partial charge in [-0.15, -0.1) is 0 Å². The largest absolute Gasteiger partial charge is 0.451 e. The predicted octanol–water partition coefficient (Wildman–Crippen LogP) is 5.09. The molecular weight excluding hydrogens is 420 g/mol. The first-order chi connectivity index (χ1) is 14.5. The van der Waals surface area contributed by atoms with E-state index in [4.69, 9.17) is 21.0 Å². The molecule has 8 heteroatoms. The van der Waals surface area contributed by atoms with E-state index in [1.807, 2.05) is 18.2 Å². The second kappa shape index (κ2) is 7.58. The number of benzene rings is 2. The van der Waals surface area contributed by atoms with Crippen molar-refractivity contribution in [2.45, 2.75) is 12.5 Å². The van der Waals surface area contributed by atoms with E-state index < -0.39 is 0 Å². The number of carbonyl (C=O) groups excluding carboxylic acids is 1. The molecule has 1 atom stereocenters. The first-order valence-corrected chi connectivity index (χ1v) is 11.0. The van der Waals surface area contributed by atoms with Gasteiger partial charge in [0.05, 0.1) is 10.2 Å². The van der Waals surface area contributed by atoms with E-state index >= 15 is 0 Å². The van der Waals surface area contributed by atoms with Crippen molar-refractivity contribution < 1.29 is 9.21 Å². The third-order valence-electron chi connectivity index (χ3n) is 5.50. The van der Waals surface area contributed by atoms with E-state index in [0.717, 1.165) is 40.2 Å². The Bertz CT molecular complexity index is 1250. The van der Waals surface area contributed by atoms with Crippen molar-refractivity contribution in [2.75, 3.05) is 37.4 Å². The van der Waals surface area contributed by atoms with Crippen LogP contribution in [-0.4, -0.2) is 49.0 Å². The van der Waals surface area contributed by atoms with Crippen LogP contribution in [0, 0.1) is 0 Å². The fourth-order valence-corrected chi connectivity index (χ4v) is 5.00. The van der Waals surface area contributed by atoms with Crippen molar-refractivity contribution in [3.63, 3.8) is 0 Å². The average molecular weight is 441 g/mol. The second-order valence-electron chi connectivity index (χ2n) is 7.78. The Hall–Kier alpha value is -2.61. The van der Waals surface area contributed by atoms with Gasteiger partial charge in [-0.3, -0.25) is 4.79 Å². The Balaban J connectivity index is 1.35. The number of nitrogens with one attached hydrogen (secondary N) is 1. The third kappa shape index (κ3) is 3.64. The topological polar surface area (TPSA) is 61.6 Å². The summed E-state index contributed by atoms with van der Waals surface area (Å²) in [6, 6.07) is 13.3. The molecule has 154 valence electrons. The number of hydrogen-bond acceptors (Lipinski definition) is 6. The maximum absolute atomic E-state index is 12.7. The summed E-state index contributed by atoms with van der Waals surface area (Å²) in [5.74, 6) is -0.0380. The number of amides is 1. The highest BCUT2D eigenvalue weighted by molar-refractivity contribution is 7.22. The number of likely N-dealkylation sites (N-methyl/N-ethyl adjacent to an activating group) is 1. The number of fused-ring (bicyclic) bond motifs is 2. The standard InChI is InChI=1S/C22H21ClN4O2S/c1-26(2)16-7-8-27(12-16)22-25-17-5-4-15(11-20(17)30-22)24-21(28)19-10-13-9-14(23)3-6-18(13)29-19/h3-6,9-11,16H,7-8,12H2,1-2H3,(H,24,28)/t16-/m1/s1. The predicted molar refractivity (Wildman–Crippen MR) is 123 cm³/mol. The highest BCUT2D eigenvalue weighted by atomic mass is 35.5. The number of rotatable bonds is 4. The van der Waals surface area contributed by atoms with Crippen LogP contribution in [0.25, 0.3) is 21.2 Å². The number of carbonyl (C=O) groups is 1. The molecular formula is C22H21ClN4O2S. The summed E-state index contributed by atoms with van der Waals surface area (Å²) in [6.45, 7) is 2.01. The van der Waals surface area contributed by atoms with Crippen LogP contribution in [0.3, 0.4) is 0 Å². The first-order valence-electron chi connectivity index (χ1n) is 9.79. The molecule has 0 unspecified atom stereocenters. The summed E-state index contributed by atoms with van der Waals surface area (Å²) in [6.07, 6.45) is 1.15. The molecule has 2 aromatic carbocycles. The molecule has 0 saturated carbocycles. The van der Waals surface area contributed by atoms with Crippen molar-refractivity contribution in [1.82, 2.24) is 9.88 Å². The summed E-state index contributed by atoms with van der Waals surface area (Å²) < 4.78 is 6.70. The van der Waals surface area contributed by atoms with Gasteiger partial charge in [-0.2, -0.15) is 0 Å². The smallest absolute Gasteiger partial charge is 0.291 e. The van der Waals surface area contributed by atoms with Gasteiger partial charge in [0.2, 0.25) is 0 Å². The van der Waals surface area contributed by atoms with Gasteiger partial charge in [0.15, 0.2) is 10.9 Å². The van der Waals surface area contributed by atoms with E-state index in [1.165, 1.54) is 0 Å². The van der Waals surface area contributed by atoms with E-state index in [-0.39, 0.29) is 11.7 Å². The number of nitrogens with zero attached hydrogens (tertiary/aromatic N) is 3. The molecule has 1 aliphatic rings. The molecule has 5 rings (SSSR count). The summed E-state index contributed by atoms with van der Waals surface area (Å²) in [4.78, 5) is 22.1. The van der Waals surface area contributed by atoms with Gasteiger partial charge < -0.3 is 19.5 Å². The monoisotopic (exact) mass is 440 g/mol. The number of hydrogen-bond donors (Lipinski definition) is 1. The number of anilines is 2. The first kappa shape index (κ1) is 19.4. The van der Waals surface area contributed by atoms with Gasteiger partial charge in [-0.25, -0.2) is 4.98 Å². The van der Waals surface area contributed by atoms with Gasteiger partial charge >= 0.3 is 0 Å². The van der Waals surface area contributed by atoms with Gasteiger partial charge in [0.25, 0.3) is 5.91 Å². The molecule has 6 nitrogen and oxygen atoms in total. The van der Waals surface area contributed by atoms with Crippen LogP contribution in [0.5, 0.6) is 0 Å². The van der Waals surface area contributed by atoms with Crippen molar-refractivity contribution in [2.24, 2.45) is 0 Å². The Morgan fingerprint density at radius 3 is 2.93 bits per heavy atom. The van der Waals surface area contributed by atoms with Crippen LogP contribution in [0.4, 0.5) is 10.8 Å². The third-order valence-corrected chi connectivity index (χ3v) is 6.82. The lowest BCUT2D eigenvalue weighted by atomic mass is 10.2. The molecule has 0 aliphatic carbocycles. The van der Waals surface area contributed by atoms with Crippen LogP contribution in [0.2, 0.25) is 5.02 Å². The van der Waals surface area contributed by atoms with Crippen molar-refractivity contribution >= 4 is 60.8 Å². The fraction of sp³-hybridized carbons (Fsp3) is 0.273. The zero-order chi connectivity index (χ0) is 20.8. The molecule has 30 heavy (non-hydrogen) atoms. The minimum atomic E-state index is -0.292. The second-order valence-corrected chi connectivity index (χ2v) is 9.22. The van der Waals surface area contributed by atoms with Crippen LogP contribution in [0.15, 0.2) is 46.9 Å². The lowest BCUT2D eigenvalue weighted by Crippen LogP contribution is -2.31. The van der Waals surface area contributed by atoms with E-state index in [0.29, 0.717) is 22.3 Å². The average Bonchev–Trinajstić information content (AvgIpc) is 3.44. The summed E-state index contributed by atoms with van der Waals surface area (Å²) >= 11 is 7.67. The van der Waals surface area contributed by atoms with Gasteiger partial charge in [-0.05, 0) is 63.0 Å². The SMILES string of the molecule is CN(C)[C@@H]1CCN(c2nc3ccc(NC(=O)c4cc5cc(Cl)ccc5o4)cc3s2)C1. The minimum Gasteiger partial charge on any atom is -0.451 e. The van der Waals surface area contributed by atoms with Gasteiger partial charge in [-0.1, -0.05) is 22.9 Å². The van der Waals surface area contributed by atoms with Crippen LogP contribution >= 0.6 is 22.9 Å². The van der Waals surface area contributed by atoms with Crippen molar-refractivity contribution in [1.29, 1.82) is 0 Å². The molecule has 1 N–H and O–H groups in total. The molecule has 4 aromatic rings. The summed E-state index contributed by atoms with van der Waals surface area (Å²) in [5.41, 5.74) is 2.29. The minimum absolute atomic E-state index is 0.254. The molecule has 1 amide bonds. The molecule has 1 fully saturated rings. The maximum atomic E-state index is 12.7. The summed E-state index contributed by atoms with van der Waals surface area (Å²) in [7, 11) is 4.25. The van der Waals surface area contributed by atoms with E-state index in [9.17, 15) is 4.79 Å². The zero-order valence-electron chi connectivity index (χ0n) is 16.7. The number of thiazole rings is 1. The van der Waals surface area contributed by atoms with Gasteiger partial charge in [0.1, 0.15) is 5.58 Å². The van der Waals surface area contributed by atoms with Crippen molar-refractivity contribution in [3.8, 4) is 0 Å². The van der Waals surface area contributed by atoms with Crippen LogP contribution in [0.1, 0.15) is 17.0 Å². The highest BCUT2D eigenvalue weighted by Crippen LogP contribution is 2.33. The van der Waals surface area contributed by atoms with Crippen molar-refractivity contribution in [3.05, 3.63) is 53.2 Å². The zero-order valence-corrected chi connectivity index (χ0v) is 18.3. The van der Waals surface area contributed by atoms with Crippen LogP contribution in [-0.2, 0) is 0 Å². The van der Waals surface area contributed by atoms with E-state index in [1.54, 1.807) is 35.6 Å². The summed E-state index contributed by atoms with van der Waals surface area (Å²) in [5, 5.41) is 5.36. The Kier molecular flexibility index (Phi) is 4.89. The van der Waals surface area contributed by atoms with E-state index in [2.05, 4.69) is 29.2 Å². The molecule has 1 aliphatic heterocycles. The maximum Gasteiger partial charge on any atom is 0.291 e. The Morgan fingerprint density at radius 2 is 2.13 bits per heavy atom. The number of furan rings is 1. The Labute approximate surface area is 183 Å². The van der Waals surface area contributed by atoms with Crippen LogP contribution < -0.4 is 10.2 Å².